The lowest BCUT2D eigenvalue weighted by molar-refractivity contribution is 0.102. The molecule has 3 aromatic rings. The van der Waals surface area contributed by atoms with E-state index in [0.29, 0.717) is 17.1 Å². The molecule has 0 unspecified atom stereocenters. The van der Waals surface area contributed by atoms with Crippen LogP contribution in [0.5, 0.6) is 0 Å². The van der Waals surface area contributed by atoms with Gasteiger partial charge in [0.1, 0.15) is 11.5 Å². The molecule has 0 radical (unpaired) electrons. The smallest absolute Gasteiger partial charge is 0.275 e. The van der Waals surface area contributed by atoms with Crippen molar-refractivity contribution in [3.05, 3.63) is 71.2 Å². The average Bonchev–Trinajstić information content (AvgIpc) is 3.07. The maximum atomic E-state index is 12.5. The van der Waals surface area contributed by atoms with Crippen molar-refractivity contribution >= 4 is 23.3 Å². The van der Waals surface area contributed by atoms with E-state index in [1.165, 1.54) is 12.3 Å². The molecule has 0 aliphatic rings. The number of aryl methyl sites for hydroxylation is 2. The summed E-state index contributed by atoms with van der Waals surface area (Å²) in [5.74, 6) is 0.0959. The minimum atomic E-state index is -0.470. The van der Waals surface area contributed by atoms with Gasteiger partial charge in [0.25, 0.3) is 11.8 Å². The Morgan fingerprint density at radius 3 is 2.62 bits per heavy atom. The normalized spacial score (nSPS) is 10.4. The van der Waals surface area contributed by atoms with Gasteiger partial charge in [-0.15, -0.1) is 0 Å². The second-order valence-electron chi connectivity index (χ2n) is 5.67. The summed E-state index contributed by atoms with van der Waals surface area (Å²) in [6, 6.07) is 12.2. The fraction of sp³-hybridized carbons (Fsp3) is 0.158. The second kappa shape index (κ2) is 7.60. The number of para-hydroxylation sites is 1. The second-order valence-corrected chi connectivity index (χ2v) is 5.67. The first-order chi connectivity index (χ1) is 12.6. The zero-order chi connectivity index (χ0) is 18.5. The molecule has 0 saturated heterocycles. The molecule has 2 aromatic heterocycles. The van der Waals surface area contributed by atoms with Crippen molar-refractivity contribution in [2.24, 2.45) is 0 Å². The van der Waals surface area contributed by atoms with Crippen LogP contribution >= 0.6 is 0 Å². The van der Waals surface area contributed by atoms with Gasteiger partial charge in [-0.2, -0.15) is 0 Å². The van der Waals surface area contributed by atoms with Crippen LogP contribution in [0.25, 0.3) is 0 Å². The highest BCUT2D eigenvalue weighted by Crippen LogP contribution is 2.17. The number of rotatable bonds is 5. The van der Waals surface area contributed by atoms with E-state index in [1.807, 2.05) is 31.2 Å². The Balaban J connectivity index is 1.75. The molecule has 7 heteroatoms. The molecule has 2 amide bonds. The predicted octanol–water partition coefficient (Wildman–Crippen LogP) is 3.45. The van der Waals surface area contributed by atoms with E-state index < -0.39 is 5.91 Å². The Hall–Kier alpha value is -3.48. The van der Waals surface area contributed by atoms with E-state index >= 15 is 0 Å². The number of anilines is 2. The number of nitrogens with one attached hydrogen (secondary N) is 2. The van der Waals surface area contributed by atoms with Gasteiger partial charge in [-0.1, -0.05) is 30.3 Å². The quantitative estimate of drug-likeness (QED) is 0.734. The molecule has 0 fully saturated rings. The highest BCUT2D eigenvalue weighted by atomic mass is 16.5. The summed E-state index contributed by atoms with van der Waals surface area (Å²) in [5, 5.41) is 9.15. The third-order valence-corrected chi connectivity index (χ3v) is 3.77. The number of carbonyl (C=O) groups excluding carboxylic acids is 2. The van der Waals surface area contributed by atoms with Crippen molar-refractivity contribution in [2.75, 3.05) is 10.6 Å². The maximum absolute atomic E-state index is 12.5. The standard InChI is InChI=1S/C19H18N4O3/c1-3-13-6-4-5-7-15(13)21-18(24)14-8-9-20-16(11-14)19(25)22-17-10-12(2)26-23-17/h4-11H,3H2,1-2H3,(H,21,24)(H,22,23,25). The molecule has 132 valence electrons. The van der Waals surface area contributed by atoms with Crippen molar-refractivity contribution in [3.63, 3.8) is 0 Å². The van der Waals surface area contributed by atoms with Crippen LogP contribution in [0.2, 0.25) is 0 Å². The molecule has 26 heavy (non-hydrogen) atoms. The monoisotopic (exact) mass is 350 g/mol. The van der Waals surface area contributed by atoms with Crippen LogP contribution in [0.3, 0.4) is 0 Å². The summed E-state index contributed by atoms with van der Waals surface area (Å²) in [5.41, 5.74) is 2.24. The van der Waals surface area contributed by atoms with Crippen LogP contribution < -0.4 is 10.6 Å². The van der Waals surface area contributed by atoms with Gasteiger partial charge in [-0.05, 0) is 37.1 Å². The highest BCUT2D eigenvalue weighted by molar-refractivity contribution is 6.07. The Kier molecular flexibility index (Phi) is 5.07. The summed E-state index contributed by atoms with van der Waals surface area (Å²) in [4.78, 5) is 28.8. The van der Waals surface area contributed by atoms with Crippen LogP contribution in [0.1, 0.15) is 39.1 Å². The fourth-order valence-electron chi connectivity index (χ4n) is 2.45. The molecule has 0 saturated carbocycles. The minimum absolute atomic E-state index is 0.113. The van der Waals surface area contributed by atoms with Crippen LogP contribution in [0.4, 0.5) is 11.5 Å². The summed E-state index contributed by atoms with van der Waals surface area (Å²) in [7, 11) is 0. The maximum Gasteiger partial charge on any atom is 0.275 e. The molecule has 0 bridgehead atoms. The molecule has 0 aliphatic heterocycles. The number of nitrogens with zero attached hydrogens (tertiary/aromatic N) is 2. The van der Waals surface area contributed by atoms with Crippen LogP contribution in [-0.2, 0) is 6.42 Å². The summed E-state index contributed by atoms with van der Waals surface area (Å²) >= 11 is 0. The highest BCUT2D eigenvalue weighted by Gasteiger charge is 2.14. The van der Waals surface area contributed by atoms with Gasteiger partial charge in [-0.3, -0.25) is 14.6 Å². The summed E-state index contributed by atoms with van der Waals surface area (Å²) < 4.78 is 4.90. The Morgan fingerprint density at radius 2 is 1.88 bits per heavy atom. The Labute approximate surface area is 150 Å². The van der Waals surface area contributed by atoms with Crippen molar-refractivity contribution in [1.29, 1.82) is 0 Å². The number of benzene rings is 1. The van der Waals surface area contributed by atoms with E-state index in [4.69, 9.17) is 4.52 Å². The average molecular weight is 350 g/mol. The Bertz CT molecular complexity index is 949. The third-order valence-electron chi connectivity index (χ3n) is 3.77. The SMILES string of the molecule is CCc1ccccc1NC(=O)c1ccnc(C(=O)Nc2cc(C)on2)c1. The number of carbonyl (C=O) groups is 2. The number of hydrogen-bond acceptors (Lipinski definition) is 5. The third kappa shape index (κ3) is 3.94. The molecule has 0 atom stereocenters. The van der Waals surface area contributed by atoms with Crippen LogP contribution in [0, 0.1) is 6.92 Å². The van der Waals surface area contributed by atoms with Crippen molar-refractivity contribution in [1.82, 2.24) is 10.1 Å². The van der Waals surface area contributed by atoms with E-state index in [-0.39, 0.29) is 11.6 Å². The lowest BCUT2D eigenvalue weighted by atomic mass is 10.1. The lowest BCUT2D eigenvalue weighted by Crippen LogP contribution is -2.17. The molecular weight excluding hydrogens is 332 g/mol. The van der Waals surface area contributed by atoms with Gasteiger partial charge in [0.15, 0.2) is 5.82 Å². The minimum Gasteiger partial charge on any atom is -0.360 e. The van der Waals surface area contributed by atoms with E-state index in [0.717, 1.165) is 17.7 Å². The van der Waals surface area contributed by atoms with Crippen LogP contribution in [0.15, 0.2) is 53.2 Å². The number of amides is 2. The molecule has 2 N–H and O–H groups in total. The van der Waals surface area contributed by atoms with Gasteiger partial charge in [0.2, 0.25) is 0 Å². The zero-order valence-corrected chi connectivity index (χ0v) is 14.4. The summed E-state index contributed by atoms with van der Waals surface area (Å²) in [6.45, 7) is 3.74. The topological polar surface area (TPSA) is 97.1 Å². The molecule has 0 aliphatic carbocycles. The predicted molar refractivity (Wildman–Crippen MR) is 97.2 cm³/mol. The van der Waals surface area contributed by atoms with Crippen molar-refractivity contribution in [2.45, 2.75) is 20.3 Å². The molecule has 0 spiro atoms. The van der Waals surface area contributed by atoms with Gasteiger partial charge in [0.05, 0.1) is 0 Å². The first-order valence-electron chi connectivity index (χ1n) is 8.17. The van der Waals surface area contributed by atoms with E-state index in [1.54, 1.807) is 19.1 Å². The molecular formula is C19H18N4O3. The molecule has 7 nitrogen and oxygen atoms in total. The molecule has 3 rings (SSSR count). The van der Waals surface area contributed by atoms with Gasteiger partial charge >= 0.3 is 0 Å². The number of hydrogen-bond donors (Lipinski definition) is 2. The summed E-state index contributed by atoms with van der Waals surface area (Å²) in [6.07, 6.45) is 2.22. The van der Waals surface area contributed by atoms with E-state index in [2.05, 4.69) is 20.8 Å². The first kappa shape index (κ1) is 17.3. The fourth-order valence-corrected chi connectivity index (χ4v) is 2.45. The Morgan fingerprint density at radius 1 is 1.08 bits per heavy atom. The van der Waals surface area contributed by atoms with Crippen molar-refractivity contribution < 1.29 is 14.1 Å². The van der Waals surface area contributed by atoms with Gasteiger partial charge < -0.3 is 15.2 Å². The number of aromatic nitrogens is 2. The number of pyridine rings is 1. The van der Waals surface area contributed by atoms with Gasteiger partial charge in [0, 0.05) is 23.5 Å². The largest absolute Gasteiger partial charge is 0.360 e. The van der Waals surface area contributed by atoms with Crippen LogP contribution in [-0.4, -0.2) is 22.0 Å². The lowest BCUT2D eigenvalue weighted by Gasteiger charge is -2.10. The van der Waals surface area contributed by atoms with E-state index in [9.17, 15) is 9.59 Å². The zero-order valence-electron chi connectivity index (χ0n) is 14.4. The van der Waals surface area contributed by atoms with Crippen molar-refractivity contribution in [3.8, 4) is 0 Å². The molecule has 2 heterocycles. The molecule has 1 aromatic carbocycles. The van der Waals surface area contributed by atoms with Gasteiger partial charge in [-0.25, -0.2) is 0 Å². The first-order valence-corrected chi connectivity index (χ1v) is 8.17.